The standard InChI is InChI=1S/C6H11NO.C2H4O2/c8-5-6-1-3-7-4-2-6;1-4-2-3/h5-7H,1-4H2;2H,1H3. The second-order valence-electron chi connectivity index (χ2n) is 2.56. The van der Waals surface area contributed by atoms with Gasteiger partial charge in [-0.25, -0.2) is 0 Å². The van der Waals surface area contributed by atoms with Gasteiger partial charge in [0, 0.05) is 5.92 Å². The van der Waals surface area contributed by atoms with Gasteiger partial charge in [0.1, 0.15) is 6.29 Å². The molecule has 0 atom stereocenters. The zero-order valence-electron chi connectivity index (χ0n) is 7.29. The highest BCUT2D eigenvalue weighted by atomic mass is 16.5. The summed E-state index contributed by atoms with van der Waals surface area (Å²) in [6.07, 6.45) is 3.13. The van der Waals surface area contributed by atoms with Crippen molar-refractivity contribution in [1.82, 2.24) is 5.32 Å². The Labute approximate surface area is 72.3 Å². The Hall–Kier alpha value is -0.900. The Bertz CT molecular complexity index is 121. The van der Waals surface area contributed by atoms with Gasteiger partial charge in [0.05, 0.1) is 7.11 Å². The van der Waals surface area contributed by atoms with E-state index in [-0.39, 0.29) is 0 Å². The number of rotatable bonds is 2. The predicted octanol–water partition coefficient (Wildman–Crippen LogP) is -0.0259. The molecule has 70 valence electrons. The van der Waals surface area contributed by atoms with Crippen molar-refractivity contribution >= 4 is 12.8 Å². The van der Waals surface area contributed by atoms with Crippen molar-refractivity contribution in [3.63, 3.8) is 0 Å². The molecule has 4 heteroatoms. The van der Waals surface area contributed by atoms with Crippen molar-refractivity contribution < 1.29 is 14.3 Å². The summed E-state index contributed by atoms with van der Waals surface area (Å²) in [5.41, 5.74) is 0. The van der Waals surface area contributed by atoms with Gasteiger partial charge in [-0.1, -0.05) is 0 Å². The molecule has 0 bridgehead atoms. The van der Waals surface area contributed by atoms with Crippen LogP contribution in [0.4, 0.5) is 0 Å². The molecule has 0 aromatic rings. The second-order valence-corrected chi connectivity index (χ2v) is 2.56. The van der Waals surface area contributed by atoms with E-state index >= 15 is 0 Å². The number of hydrogen-bond donors (Lipinski definition) is 1. The third-order valence-electron chi connectivity index (χ3n) is 1.67. The summed E-state index contributed by atoms with van der Waals surface area (Å²) < 4.78 is 3.86. The van der Waals surface area contributed by atoms with Gasteiger partial charge >= 0.3 is 0 Å². The summed E-state index contributed by atoms with van der Waals surface area (Å²) in [7, 11) is 1.31. The van der Waals surface area contributed by atoms with Crippen LogP contribution in [0.25, 0.3) is 0 Å². The Balaban J connectivity index is 0.000000261. The molecule has 1 aliphatic rings. The average molecular weight is 173 g/mol. The van der Waals surface area contributed by atoms with Crippen LogP contribution in [0.5, 0.6) is 0 Å². The highest BCUT2D eigenvalue weighted by Crippen LogP contribution is 2.06. The normalized spacial score (nSPS) is 17.1. The lowest BCUT2D eigenvalue weighted by Gasteiger charge is -2.16. The summed E-state index contributed by atoms with van der Waals surface area (Å²) in [5, 5.41) is 3.19. The minimum absolute atomic E-state index is 0.344. The molecule has 0 aromatic carbocycles. The third kappa shape index (κ3) is 5.85. The number of carbonyl (C=O) groups excluding carboxylic acids is 2. The zero-order chi connectivity index (χ0) is 9.23. The summed E-state index contributed by atoms with van der Waals surface area (Å²) in [4.78, 5) is 19.1. The van der Waals surface area contributed by atoms with Crippen LogP contribution in [-0.2, 0) is 14.3 Å². The maximum atomic E-state index is 10.1. The summed E-state index contributed by atoms with van der Waals surface area (Å²) in [6, 6.07) is 0. The van der Waals surface area contributed by atoms with Crippen molar-refractivity contribution in [2.75, 3.05) is 20.2 Å². The SMILES string of the molecule is COC=O.O=CC1CCNCC1. The van der Waals surface area contributed by atoms with Gasteiger partial charge in [0.15, 0.2) is 0 Å². The van der Waals surface area contributed by atoms with E-state index in [0.717, 1.165) is 32.2 Å². The smallest absolute Gasteiger partial charge is 0.292 e. The fourth-order valence-corrected chi connectivity index (χ4v) is 0.980. The predicted molar refractivity (Wildman–Crippen MR) is 44.7 cm³/mol. The van der Waals surface area contributed by atoms with Gasteiger partial charge < -0.3 is 14.8 Å². The first kappa shape index (κ1) is 11.1. The average Bonchev–Trinajstić information content (AvgIpc) is 2.19. The molecule has 1 saturated heterocycles. The number of methoxy groups -OCH3 is 1. The van der Waals surface area contributed by atoms with E-state index in [1.807, 2.05) is 0 Å². The lowest BCUT2D eigenvalue weighted by atomic mass is 10.0. The number of nitrogens with one attached hydrogen (secondary N) is 1. The van der Waals surface area contributed by atoms with Crippen LogP contribution in [0.3, 0.4) is 0 Å². The Morgan fingerprint density at radius 2 is 1.83 bits per heavy atom. The quantitative estimate of drug-likeness (QED) is 0.596. The van der Waals surface area contributed by atoms with Crippen LogP contribution in [-0.4, -0.2) is 33.0 Å². The van der Waals surface area contributed by atoms with E-state index in [2.05, 4.69) is 10.1 Å². The van der Waals surface area contributed by atoms with E-state index in [1.54, 1.807) is 0 Å². The largest absolute Gasteiger partial charge is 0.471 e. The van der Waals surface area contributed by atoms with Gasteiger partial charge in [-0.2, -0.15) is 0 Å². The van der Waals surface area contributed by atoms with Crippen molar-refractivity contribution in [2.24, 2.45) is 5.92 Å². The third-order valence-corrected chi connectivity index (χ3v) is 1.67. The number of carbonyl (C=O) groups is 2. The molecule has 0 amide bonds. The fraction of sp³-hybridized carbons (Fsp3) is 0.750. The molecule has 12 heavy (non-hydrogen) atoms. The first-order chi connectivity index (χ1) is 5.85. The summed E-state index contributed by atoms with van der Waals surface area (Å²) >= 11 is 0. The molecule has 0 aromatic heterocycles. The summed E-state index contributed by atoms with van der Waals surface area (Å²) in [5.74, 6) is 0.344. The zero-order valence-corrected chi connectivity index (χ0v) is 7.29. The Morgan fingerprint density at radius 1 is 1.33 bits per heavy atom. The molecular weight excluding hydrogens is 158 g/mol. The number of hydrogen-bond acceptors (Lipinski definition) is 4. The molecule has 1 rings (SSSR count). The molecule has 4 nitrogen and oxygen atoms in total. The molecule has 0 spiro atoms. The molecule has 1 heterocycles. The van der Waals surface area contributed by atoms with E-state index in [4.69, 9.17) is 4.79 Å². The second kappa shape index (κ2) is 8.20. The molecular formula is C8H15NO3. The molecule has 1 fully saturated rings. The van der Waals surface area contributed by atoms with Crippen molar-refractivity contribution in [3.8, 4) is 0 Å². The highest BCUT2D eigenvalue weighted by molar-refractivity contribution is 5.53. The van der Waals surface area contributed by atoms with Crippen LogP contribution in [0.1, 0.15) is 12.8 Å². The topological polar surface area (TPSA) is 55.4 Å². The van der Waals surface area contributed by atoms with Gasteiger partial charge in [0.2, 0.25) is 0 Å². The van der Waals surface area contributed by atoms with Gasteiger partial charge in [-0.15, -0.1) is 0 Å². The van der Waals surface area contributed by atoms with Crippen LogP contribution in [0.15, 0.2) is 0 Å². The van der Waals surface area contributed by atoms with Crippen LogP contribution in [0, 0.1) is 5.92 Å². The first-order valence-corrected chi connectivity index (χ1v) is 3.97. The van der Waals surface area contributed by atoms with Crippen molar-refractivity contribution in [3.05, 3.63) is 0 Å². The fourth-order valence-electron chi connectivity index (χ4n) is 0.980. The number of ether oxygens (including phenoxy) is 1. The number of piperidine rings is 1. The highest BCUT2D eigenvalue weighted by Gasteiger charge is 2.09. The molecule has 1 N–H and O–H groups in total. The van der Waals surface area contributed by atoms with E-state index in [0.29, 0.717) is 12.4 Å². The number of aldehydes is 1. The first-order valence-electron chi connectivity index (χ1n) is 3.97. The van der Waals surface area contributed by atoms with Gasteiger partial charge in [-0.3, -0.25) is 4.79 Å². The van der Waals surface area contributed by atoms with Gasteiger partial charge in [-0.05, 0) is 25.9 Å². The molecule has 1 aliphatic heterocycles. The Kier molecular flexibility index (Phi) is 7.58. The molecule has 0 radical (unpaired) electrons. The minimum atomic E-state index is 0.344. The maximum absolute atomic E-state index is 10.1. The Morgan fingerprint density at radius 3 is 2.08 bits per heavy atom. The molecule has 0 aliphatic carbocycles. The van der Waals surface area contributed by atoms with Crippen LogP contribution < -0.4 is 5.32 Å². The molecule has 0 unspecified atom stereocenters. The maximum Gasteiger partial charge on any atom is 0.292 e. The minimum Gasteiger partial charge on any atom is -0.471 e. The van der Waals surface area contributed by atoms with Gasteiger partial charge in [0.25, 0.3) is 6.47 Å². The lowest BCUT2D eigenvalue weighted by Crippen LogP contribution is -2.28. The van der Waals surface area contributed by atoms with E-state index in [1.165, 1.54) is 7.11 Å². The molecule has 0 saturated carbocycles. The van der Waals surface area contributed by atoms with Crippen LogP contribution >= 0.6 is 0 Å². The van der Waals surface area contributed by atoms with E-state index < -0.39 is 0 Å². The van der Waals surface area contributed by atoms with Crippen molar-refractivity contribution in [1.29, 1.82) is 0 Å². The van der Waals surface area contributed by atoms with Crippen LogP contribution in [0.2, 0.25) is 0 Å². The van der Waals surface area contributed by atoms with E-state index in [9.17, 15) is 4.79 Å². The lowest BCUT2D eigenvalue weighted by molar-refractivity contribution is -0.126. The summed E-state index contributed by atoms with van der Waals surface area (Å²) in [6.45, 7) is 2.41. The monoisotopic (exact) mass is 173 g/mol. The van der Waals surface area contributed by atoms with Crippen molar-refractivity contribution in [2.45, 2.75) is 12.8 Å².